The summed E-state index contributed by atoms with van der Waals surface area (Å²) in [7, 11) is 0. The SMILES string of the molecule is N#CC(C#N)=CNc1nc(-c2c[nH]c3ccccc23)cs1. The number of benzene rings is 1. The summed E-state index contributed by atoms with van der Waals surface area (Å²) in [6, 6.07) is 11.6. The molecule has 0 fully saturated rings. The molecule has 3 aromatic rings. The summed E-state index contributed by atoms with van der Waals surface area (Å²) >= 11 is 1.42. The van der Waals surface area contributed by atoms with Gasteiger partial charge in [0, 0.05) is 34.2 Å². The number of thiazole rings is 1. The molecule has 0 atom stereocenters. The van der Waals surface area contributed by atoms with Gasteiger partial charge in [0.05, 0.1) is 5.69 Å². The maximum Gasteiger partial charge on any atom is 0.187 e. The Kier molecular flexibility index (Phi) is 3.38. The predicted molar refractivity (Wildman–Crippen MR) is 82.3 cm³/mol. The van der Waals surface area contributed by atoms with E-state index in [0.29, 0.717) is 5.13 Å². The fraction of sp³-hybridized carbons (Fsp3) is 0. The summed E-state index contributed by atoms with van der Waals surface area (Å²) in [5.74, 6) is 0. The van der Waals surface area contributed by atoms with Crippen LogP contribution in [0.4, 0.5) is 5.13 Å². The van der Waals surface area contributed by atoms with Gasteiger partial charge in [-0.25, -0.2) is 4.98 Å². The van der Waals surface area contributed by atoms with Crippen LogP contribution in [-0.2, 0) is 0 Å². The minimum absolute atomic E-state index is 0.0128. The number of hydrogen-bond acceptors (Lipinski definition) is 5. The van der Waals surface area contributed by atoms with E-state index in [1.807, 2.05) is 35.8 Å². The number of aromatic nitrogens is 2. The molecule has 0 spiro atoms. The summed E-state index contributed by atoms with van der Waals surface area (Å²) in [5.41, 5.74) is 2.95. The number of nitrogens with one attached hydrogen (secondary N) is 2. The maximum absolute atomic E-state index is 8.68. The molecular formula is C15H9N5S. The molecular weight excluding hydrogens is 282 g/mol. The molecule has 100 valence electrons. The molecule has 6 heteroatoms. The highest BCUT2D eigenvalue weighted by atomic mass is 32.1. The number of fused-ring (bicyclic) bond motifs is 1. The molecule has 0 unspecified atom stereocenters. The maximum atomic E-state index is 8.68. The van der Waals surface area contributed by atoms with E-state index in [0.717, 1.165) is 22.2 Å². The molecule has 1 aromatic carbocycles. The van der Waals surface area contributed by atoms with Crippen molar-refractivity contribution in [1.29, 1.82) is 10.5 Å². The number of aromatic amines is 1. The topological polar surface area (TPSA) is 88.3 Å². The summed E-state index contributed by atoms with van der Waals surface area (Å²) in [6.07, 6.45) is 3.28. The van der Waals surface area contributed by atoms with Gasteiger partial charge in [0.25, 0.3) is 0 Å². The second kappa shape index (κ2) is 5.49. The van der Waals surface area contributed by atoms with Crippen molar-refractivity contribution in [1.82, 2.24) is 9.97 Å². The van der Waals surface area contributed by atoms with Crippen LogP contribution in [0.5, 0.6) is 0 Å². The van der Waals surface area contributed by atoms with Crippen molar-refractivity contribution in [3.63, 3.8) is 0 Å². The highest BCUT2D eigenvalue weighted by molar-refractivity contribution is 7.14. The van der Waals surface area contributed by atoms with E-state index in [4.69, 9.17) is 10.5 Å². The van der Waals surface area contributed by atoms with E-state index in [9.17, 15) is 0 Å². The number of nitriles is 2. The fourth-order valence-electron chi connectivity index (χ4n) is 1.97. The second-order valence-corrected chi connectivity index (χ2v) is 5.07. The number of hydrogen-bond donors (Lipinski definition) is 2. The third-order valence-corrected chi connectivity index (χ3v) is 3.72. The lowest BCUT2D eigenvalue weighted by atomic mass is 10.1. The Bertz CT molecular complexity index is 888. The van der Waals surface area contributed by atoms with Crippen molar-refractivity contribution in [3.8, 4) is 23.4 Å². The quantitative estimate of drug-likeness (QED) is 0.721. The third-order valence-electron chi connectivity index (χ3n) is 2.95. The first-order chi connectivity index (χ1) is 10.3. The molecule has 0 radical (unpaired) electrons. The van der Waals surface area contributed by atoms with Crippen molar-refractivity contribution < 1.29 is 0 Å². The van der Waals surface area contributed by atoms with E-state index in [1.54, 1.807) is 12.1 Å². The molecule has 0 aliphatic carbocycles. The normalized spacial score (nSPS) is 9.81. The molecule has 0 saturated heterocycles. The zero-order chi connectivity index (χ0) is 14.7. The third kappa shape index (κ3) is 2.48. The zero-order valence-electron chi connectivity index (χ0n) is 10.8. The lowest BCUT2D eigenvalue weighted by Crippen LogP contribution is -1.88. The van der Waals surface area contributed by atoms with Crippen LogP contribution >= 0.6 is 11.3 Å². The largest absolute Gasteiger partial charge is 0.360 e. The van der Waals surface area contributed by atoms with Crippen molar-refractivity contribution in [2.45, 2.75) is 0 Å². The molecule has 3 rings (SSSR count). The Labute approximate surface area is 124 Å². The summed E-state index contributed by atoms with van der Waals surface area (Å²) in [4.78, 5) is 7.68. The first-order valence-corrected chi connectivity index (χ1v) is 6.98. The number of para-hydroxylation sites is 1. The van der Waals surface area contributed by atoms with Gasteiger partial charge in [0.2, 0.25) is 0 Å². The van der Waals surface area contributed by atoms with Gasteiger partial charge in [-0.2, -0.15) is 10.5 Å². The van der Waals surface area contributed by atoms with E-state index < -0.39 is 0 Å². The molecule has 0 aliphatic rings. The van der Waals surface area contributed by atoms with Crippen molar-refractivity contribution in [2.24, 2.45) is 0 Å². The van der Waals surface area contributed by atoms with Gasteiger partial charge < -0.3 is 10.3 Å². The molecule has 2 heterocycles. The molecule has 5 nitrogen and oxygen atoms in total. The van der Waals surface area contributed by atoms with Gasteiger partial charge in [-0.15, -0.1) is 11.3 Å². The van der Waals surface area contributed by atoms with Gasteiger partial charge in [-0.1, -0.05) is 18.2 Å². The molecule has 0 bridgehead atoms. The fourth-order valence-corrected chi connectivity index (χ4v) is 2.65. The number of nitrogens with zero attached hydrogens (tertiary/aromatic N) is 3. The van der Waals surface area contributed by atoms with E-state index in [-0.39, 0.29) is 5.57 Å². The standard InChI is InChI=1S/C15H9N5S/c16-5-10(6-17)7-19-15-20-14(9-21-15)12-8-18-13-4-2-1-3-11(12)13/h1-4,7-9,18H,(H,19,20). The van der Waals surface area contributed by atoms with Crippen molar-refractivity contribution in [3.05, 3.63) is 47.6 Å². The monoisotopic (exact) mass is 291 g/mol. The Morgan fingerprint density at radius 1 is 1.29 bits per heavy atom. The summed E-state index contributed by atoms with van der Waals surface area (Å²) in [6.45, 7) is 0. The van der Waals surface area contributed by atoms with Crippen LogP contribution in [-0.4, -0.2) is 9.97 Å². The van der Waals surface area contributed by atoms with Crippen LogP contribution in [0.25, 0.3) is 22.2 Å². The van der Waals surface area contributed by atoms with Crippen LogP contribution in [0.2, 0.25) is 0 Å². The highest BCUT2D eigenvalue weighted by Crippen LogP contribution is 2.30. The van der Waals surface area contributed by atoms with Gasteiger partial charge in [-0.3, -0.25) is 0 Å². The number of H-pyrrole nitrogens is 1. The second-order valence-electron chi connectivity index (χ2n) is 4.21. The lowest BCUT2D eigenvalue weighted by molar-refractivity contribution is 1.37. The number of allylic oxidation sites excluding steroid dienone is 1. The van der Waals surface area contributed by atoms with E-state index >= 15 is 0 Å². The summed E-state index contributed by atoms with van der Waals surface area (Å²) < 4.78 is 0. The van der Waals surface area contributed by atoms with Crippen LogP contribution < -0.4 is 5.32 Å². The smallest absolute Gasteiger partial charge is 0.187 e. The Hall–Kier alpha value is -3.09. The van der Waals surface area contributed by atoms with Crippen LogP contribution in [0.1, 0.15) is 0 Å². The molecule has 21 heavy (non-hydrogen) atoms. The Morgan fingerprint density at radius 2 is 2.10 bits per heavy atom. The molecule has 0 saturated carbocycles. The number of anilines is 1. The average molecular weight is 291 g/mol. The Balaban J connectivity index is 1.91. The van der Waals surface area contributed by atoms with E-state index in [1.165, 1.54) is 17.5 Å². The van der Waals surface area contributed by atoms with Gasteiger partial charge in [-0.05, 0) is 6.07 Å². The molecule has 0 aliphatic heterocycles. The lowest BCUT2D eigenvalue weighted by Gasteiger charge is -1.94. The molecule has 0 amide bonds. The first kappa shape index (κ1) is 12.9. The highest BCUT2D eigenvalue weighted by Gasteiger charge is 2.09. The Morgan fingerprint density at radius 3 is 2.90 bits per heavy atom. The average Bonchev–Trinajstić information content (AvgIpc) is 3.14. The minimum Gasteiger partial charge on any atom is -0.360 e. The zero-order valence-corrected chi connectivity index (χ0v) is 11.6. The van der Waals surface area contributed by atoms with Gasteiger partial charge in [0.15, 0.2) is 5.13 Å². The van der Waals surface area contributed by atoms with Gasteiger partial charge in [0.1, 0.15) is 17.7 Å². The number of rotatable bonds is 3. The van der Waals surface area contributed by atoms with Gasteiger partial charge >= 0.3 is 0 Å². The predicted octanol–water partition coefficient (Wildman–Crippen LogP) is 3.63. The molecule has 2 aromatic heterocycles. The van der Waals surface area contributed by atoms with Crippen LogP contribution in [0, 0.1) is 22.7 Å². The minimum atomic E-state index is 0.0128. The molecule has 2 N–H and O–H groups in total. The van der Waals surface area contributed by atoms with Crippen LogP contribution in [0.15, 0.2) is 47.6 Å². The summed E-state index contributed by atoms with van der Waals surface area (Å²) in [5, 5.41) is 23.9. The van der Waals surface area contributed by atoms with Crippen LogP contribution in [0.3, 0.4) is 0 Å². The first-order valence-electron chi connectivity index (χ1n) is 6.10. The van der Waals surface area contributed by atoms with Crippen molar-refractivity contribution >= 4 is 27.4 Å². The van der Waals surface area contributed by atoms with E-state index in [2.05, 4.69) is 15.3 Å². The van der Waals surface area contributed by atoms with Crippen molar-refractivity contribution in [2.75, 3.05) is 5.32 Å².